The van der Waals surface area contributed by atoms with Crippen LogP contribution >= 0.6 is 0 Å². The van der Waals surface area contributed by atoms with E-state index in [1.807, 2.05) is 11.9 Å². The van der Waals surface area contributed by atoms with E-state index in [0.29, 0.717) is 25.4 Å². The molecule has 0 bridgehead atoms. The molecule has 1 N–H and O–H groups in total. The molecule has 0 aliphatic heterocycles. The molecule has 1 aromatic carbocycles. The maximum Gasteiger partial charge on any atom is 0.573 e. The molecule has 0 atom stereocenters. The van der Waals surface area contributed by atoms with E-state index < -0.39 is 6.36 Å². The molecule has 7 heteroatoms. The van der Waals surface area contributed by atoms with Crippen LogP contribution in [0.25, 0.3) is 0 Å². The molecule has 108 valence electrons. The van der Waals surface area contributed by atoms with Crippen molar-refractivity contribution < 1.29 is 27.8 Å². The van der Waals surface area contributed by atoms with Gasteiger partial charge in [0.15, 0.2) is 0 Å². The van der Waals surface area contributed by atoms with Gasteiger partial charge >= 0.3 is 6.36 Å². The first-order chi connectivity index (χ1) is 8.90. The van der Waals surface area contributed by atoms with E-state index >= 15 is 0 Å². The molecule has 1 rings (SSSR count). The number of ether oxygens (including phenoxy) is 2. The highest BCUT2D eigenvalue weighted by Gasteiger charge is 2.30. The fraction of sp³-hybridized carbons (Fsp3) is 0.500. The van der Waals surface area contributed by atoms with Gasteiger partial charge in [-0.05, 0) is 31.3 Å². The Hall–Kier alpha value is -1.47. The van der Waals surface area contributed by atoms with Crippen molar-refractivity contribution in [3.8, 4) is 11.5 Å². The van der Waals surface area contributed by atoms with Crippen LogP contribution in [-0.4, -0.2) is 49.7 Å². The van der Waals surface area contributed by atoms with E-state index in [1.165, 1.54) is 24.3 Å². The molecule has 0 amide bonds. The van der Waals surface area contributed by atoms with Gasteiger partial charge in [-0.15, -0.1) is 13.2 Å². The second-order valence-corrected chi connectivity index (χ2v) is 3.89. The number of rotatable bonds is 7. The topological polar surface area (TPSA) is 41.9 Å². The molecule has 0 saturated heterocycles. The van der Waals surface area contributed by atoms with E-state index in [1.54, 1.807) is 0 Å². The predicted molar refractivity (Wildman–Crippen MR) is 63.2 cm³/mol. The lowest BCUT2D eigenvalue weighted by Gasteiger charge is -2.15. The van der Waals surface area contributed by atoms with Crippen LogP contribution in [-0.2, 0) is 0 Å². The van der Waals surface area contributed by atoms with Crippen molar-refractivity contribution >= 4 is 0 Å². The van der Waals surface area contributed by atoms with Crippen molar-refractivity contribution in [2.24, 2.45) is 0 Å². The number of halogens is 3. The summed E-state index contributed by atoms with van der Waals surface area (Å²) >= 11 is 0. The van der Waals surface area contributed by atoms with E-state index in [4.69, 9.17) is 9.84 Å². The molecule has 0 saturated carbocycles. The molecule has 4 nitrogen and oxygen atoms in total. The van der Waals surface area contributed by atoms with Gasteiger partial charge in [0.05, 0.1) is 6.61 Å². The lowest BCUT2D eigenvalue weighted by atomic mass is 10.3. The van der Waals surface area contributed by atoms with Crippen LogP contribution in [0.3, 0.4) is 0 Å². The summed E-state index contributed by atoms with van der Waals surface area (Å²) in [5.41, 5.74) is 0. The average molecular weight is 279 g/mol. The van der Waals surface area contributed by atoms with Crippen molar-refractivity contribution in [1.82, 2.24) is 4.90 Å². The second-order valence-electron chi connectivity index (χ2n) is 3.89. The van der Waals surface area contributed by atoms with Crippen molar-refractivity contribution in [3.63, 3.8) is 0 Å². The number of alkyl halides is 3. The van der Waals surface area contributed by atoms with Gasteiger partial charge in [0.25, 0.3) is 0 Å². The van der Waals surface area contributed by atoms with Crippen LogP contribution in [0.15, 0.2) is 24.3 Å². The van der Waals surface area contributed by atoms with Gasteiger partial charge in [0.1, 0.15) is 18.1 Å². The van der Waals surface area contributed by atoms with Gasteiger partial charge in [-0.1, -0.05) is 0 Å². The van der Waals surface area contributed by atoms with Gasteiger partial charge < -0.3 is 19.5 Å². The summed E-state index contributed by atoms with van der Waals surface area (Å²) in [5.74, 6) is 0.184. The Kier molecular flexibility index (Phi) is 5.91. The molecule has 19 heavy (non-hydrogen) atoms. The molecule has 1 aromatic rings. The highest BCUT2D eigenvalue weighted by Crippen LogP contribution is 2.24. The highest BCUT2D eigenvalue weighted by atomic mass is 19.4. The number of likely N-dealkylation sites (N-methyl/N-ethyl adjacent to an activating group) is 1. The van der Waals surface area contributed by atoms with Crippen molar-refractivity contribution in [3.05, 3.63) is 24.3 Å². The minimum absolute atomic E-state index is 0.0694. The zero-order valence-corrected chi connectivity index (χ0v) is 10.5. The Morgan fingerprint density at radius 2 is 1.68 bits per heavy atom. The lowest BCUT2D eigenvalue weighted by Crippen LogP contribution is -2.27. The zero-order valence-electron chi connectivity index (χ0n) is 10.5. The first kappa shape index (κ1) is 15.6. The minimum atomic E-state index is -4.69. The zero-order chi connectivity index (χ0) is 14.3. The third kappa shape index (κ3) is 6.88. The summed E-state index contributed by atoms with van der Waals surface area (Å²) in [4.78, 5) is 1.88. The van der Waals surface area contributed by atoms with Gasteiger partial charge in [-0.3, -0.25) is 0 Å². The quantitative estimate of drug-likeness (QED) is 0.827. The molecule has 0 unspecified atom stereocenters. The van der Waals surface area contributed by atoms with Crippen molar-refractivity contribution in [2.75, 3.05) is 33.4 Å². The molecule has 0 aromatic heterocycles. The van der Waals surface area contributed by atoms with Crippen LogP contribution in [0, 0.1) is 0 Å². The minimum Gasteiger partial charge on any atom is -0.492 e. The van der Waals surface area contributed by atoms with Crippen LogP contribution in [0.4, 0.5) is 13.2 Å². The summed E-state index contributed by atoms with van der Waals surface area (Å²) in [6, 6.07) is 5.21. The maximum absolute atomic E-state index is 11.9. The largest absolute Gasteiger partial charge is 0.573 e. The summed E-state index contributed by atoms with van der Waals surface area (Å²) in [6.45, 7) is 1.61. The Balaban J connectivity index is 2.36. The van der Waals surface area contributed by atoms with Crippen LogP contribution in [0.2, 0.25) is 0 Å². The van der Waals surface area contributed by atoms with Crippen molar-refractivity contribution in [1.29, 1.82) is 0 Å². The third-order valence-corrected chi connectivity index (χ3v) is 2.28. The lowest BCUT2D eigenvalue weighted by molar-refractivity contribution is -0.274. The number of nitrogens with zero attached hydrogens (tertiary/aromatic N) is 1. The molecule has 0 heterocycles. The molecular formula is C12H16F3NO3. The number of hydrogen-bond donors (Lipinski definition) is 1. The Bertz CT molecular complexity index is 367. The standard InChI is InChI=1S/C12H16F3NO3/c1-16(6-8-17)7-9-18-10-2-4-11(5-3-10)19-12(13,14)15/h2-5,17H,6-9H2,1H3. The van der Waals surface area contributed by atoms with Gasteiger partial charge in [-0.2, -0.15) is 0 Å². The smallest absolute Gasteiger partial charge is 0.492 e. The van der Waals surface area contributed by atoms with Gasteiger partial charge in [0.2, 0.25) is 0 Å². The normalized spacial score (nSPS) is 11.7. The van der Waals surface area contributed by atoms with E-state index in [2.05, 4.69) is 4.74 Å². The predicted octanol–water partition coefficient (Wildman–Crippen LogP) is 1.89. The summed E-state index contributed by atoms with van der Waals surface area (Å²) in [6.07, 6.45) is -4.69. The van der Waals surface area contributed by atoms with Crippen LogP contribution in [0.5, 0.6) is 11.5 Å². The van der Waals surface area contributed by atoms with Crippen molar-refractivity contribution in [2.45, 2.75) is 6.36 Å². The molecule has 0 aliphatic rings. The van der Waals surface area contributed by atoms with Gasteiger partial charge in [0, 0.05) is 13.1 Å². The summed E-state index contributed by atoms with van der Waals surface area (Å²) < 4.78 is 44.9. The Labute approximate surface area is 109 Å². The average Bonchev–Trinajstić information content (AvgIpc) is 2.30. The van der Waals surface area contributed by atoms with Crippen LogP contribution in [0.1, 0.15) is 0 Å². The third-order valence-electron chi connectivity index (χ3n) is 2.28. The molecule has 0 aliphatic carbocycles. The maximum atomic E-state index is 11.9. The number of aliphatic hydroxyl groups is 1. The number of aliphatic hydroxyl groups excluding tert-OH is 1. The highest BCUT2D eigenvalue weighted by molar-refractivity contribution is 5.31. The first-order valence-corrected chi connectivity index (χ1v) is 5.69. The molecular weight excluding hydrogens is 263 g/mol. The van der Waals surface area contributed by atoms with E-state index in [-0.39, 0.29) is 12.4 Å². The summed E-state index contributed by atoms with van der Waals surface area (Å²) in [5, 5.41) is 8.69. The van der Waals surface area contributed by atoms with E-state index in [9.17, 15) is 13.2 Å². The summed E-state index contributed by atoms with van der Waals surface area (Å²) in [7, 11) is 1.83. The monoisotopic (exact) mass is 279 g/mol. The van der Waals surface area contributed by atoms with Crippen LogP contribution < -0.4 is 9.47 Å². The molecule has 0 radical (unpaired) electrons. The Morgan fingerprint density at radius 3 is 2.21 bits per heavy atom. The second kappa shape index (κ2) is 7.20. The fourth-order valence-corrected chi connectivity index (χ4v) is 1.34. The molecule has 0 spiro atoms. The fourth-order valence-electron chi connectivity index (χ4n) is 1.34. The van der Waals surface area contributed by atoms with Gasteiger partial charge in [-0.25, -0.2) is 0 Å². The SMILES string of the molecule is CN(CCO)CCOc1ccc(OC(F)(F)F)cc1. The first-order valence-electron chi connectivity index (χ1n) is 5.69. The molecule has 0 fully saturated rings. The van der Waals surface area contributed by atoms with E-state index in [0.717, 1.165) is 0 Å². The Morgan fingerprint density at radius 1 is 1.11 bits per heavy atom. The number of benzene rings is 1. The number of hydrogen-bond acceptors (Lipinski definition) is 4.